The van der Waals surface area contributed by atoms with Crippen molar-refractivity contribution in [2.75, 3.05) is 0 Å². The van der Waals surface area contributed by atoms with Gasteiger partial charge in [-0.05, 0) is 18.1 Å². The largest absolute Gasteiger partial charge is 0.436 e. The Morgan fingerprint density at radius 1 is 0.879 bits per heavy atom. The number of hydrogen-bond donors (Lipinski definition) is 0. The molecule has 2 heterocycles. The summed E-state index contributed by atoms with van der Waals surface area (Å²) < 4.78 is 11.9. The van der Waals surface area contributed by atoms with Gasteiger partial charge in [0, 0.05) is 12.0 Å². The minimum absolute atomic E-state index is 0.0614. The molecule has 5 rings (SSSR count). The molecular weight excluding hydrogens is 416 g/mol. The van der Waals surface area contributed by atoms with Crippen molar-refractivity contribution in [3.63, 3.8) is 0 Å². The van der Waals surface area contributed by atoms with Crippen LogP contribution in [0.5, 0.6) is 0 Å². The molecule has 2 amide bonds. The molecule has 164 valence electrons. The number of amides is 2. The van der Waals surface area contributed by atoms with Gasteiger partial charge in [0.25, 0.3) is 11.5 Å². The number of benzene rings is 3. The van der Waals surface area contributed by atoms with Crippen molar-refractivity contribution in [3.05, 3.63) is 114 Å². The number of aromatic nitrogens is 1. The molecule has 3 aromatic carbocycles. The van der Waals surface area contributed by atoms with Crippen LogP contribution in [-0.4, -0.2) is 21.9 Å². The molecule has 2 atom stereocenters. The van der Waals surface area contributed by atoms with Crippen molar-refractivity contribution < 1.29 is 18.7 Å². The Bertz CT molecular complexity index is 1270. The third kappa shape index (κ3) is 3.69. The summed E-state index contributed by atoms with van der Waals surface area (Å²) in [7, 11) is 0. The SMILES string of the molecule is CC(c1ccccc1)N1C(=O)OC(Cc2ccccc2)(c2ncc(-c3ccccc3)o2)C1=O. The van der Waals surface area contributed by atoms with Gasteiger partial charge in [-0.3, -0.25) is 4.79 Å². The van der Waals surface area contributed by atoms with E-state index in [9.17, 15) is 9.59 Å². The van der Waals surface area contributed by atoms with Crippen LogP contribution in [0.25, 0.3) is 11.3 Å². The number of cyclic esters (lactones) is 1. The number of imide groups is 1. The molecule has 1 fully saturated rings. The summed E-state index contributed by atoms with van der Waals surface area (Å²) in [5, 5.41) is 0. The van der Waals surface area contributed by atoms with Gasteiger partial charge >= 0.3 is 6.09 Å². The predicted molar refractivity (Wildman–Crippen MR) is 122 cm³/mol. The second kappa shape index (κ2) is 8.39. The van der Waals surface area contributed by atoms with Crippen LogP contribution in [0.1, 0.15) is 30.0 Å². The Hall–Kier alpha value is -4.19. The molecule has 2 unspecified atom stereocenters. The van der Waals surface area contributed by atoms with E-state index >= 15 is 0 Å². The number of carbonyl (C=O) groups excluding carboxylic acids is 2. The first-order valence-electron chi connectivity index (χ1n) is 10.8. The highest BCUT2D eigenvalue weighted by Gasteiger charge is 2.59. The first-order chi connectivity index (χ1) is 16.1. The van der Waals surface area contributed by atoms with E-state index < -0.39 is 23.6 Å². The van der Waals surface area contributed by atoms with Crippen molar-refractivity contribution in [3.8, 4) is 11.3 Å². The second-order valence-corrected chi connectivity index (χ2v) is 8.01. The van der Waals surface area contributed by atoms with Crippen molar-refractivity contribution in [1.82, 2.24) is 9.88 Å². The lowest BCUT2D eigenvalue weighted by Crippen LogP contribution is -2.41. The maximum Gasteiger partial charge on any atom is 0.418 e. The average Bonchev–Trinajstić information content (AvgIpc) is 3.44. The lowest BCUT2D eigenvalue weighted by atomic mass is 9.92. The van der Waals surface area contributed by atoms with E-state index in [1.54, 1.807) is 13.1 Å². The number of oxazole rings is 1. The molecule has 0 spiro atoms. The Balaban J connectivity index is 1.58. The number of hydrogen-bond acceptors (Lipinski definition) is 5. The van der Waals surface area contributed by atoms with Gasteiger partial charge in [-0.15, -0.1) is 0 Å². The Labute approximate surface area is 191 Å². The van der Waals surface area contributed by atoms with Gasteiger partial charge in [0.1, 0.15) is 0 Å². The molecule has 1 aromatic heterocycles. The average molecular weight is 438 g/mol. The molecule has 0 radical (unpaired) electrons. The Kier molecular flexibility index (Phi) is 5.26. The summed E-state index contributed by atoms with van der Waals surface area (Å²) in [6.45, 7) is 1.80. The van der Waals surface area contributed by atoms with Gasteiger partial charge in [0.2, 0.25) is 5.89 Å². The van der Waals surface area contributed by atoms with E-state index in [1.165, 1.54) is 0 Å². The van der Waals surface area contributed by atoms with Crippen molar-refractivity contribution >= 4 is 12.0 Å². The molecular formula is C27H22N2O4. The van der Waals surface area contributed by atoms with E-state index in [2.05, 4.69) is 4.98 Å². The summed E-state index contributed by atoms with van der Waals surface area (Å²) in [4.78, 5) is 32.5. The molecule has 0 bridgehead atoms. The van der Waals surface area contributed by atoms with Gasteiger partial charge in [0.05, 0.1) is 12.2 Å². The zero-order valence-electron chi connectivity index (χ0n) is 18.0. The molecule has 1 aliphatic rings. The summed E-state index contributed by atoms with van der Waals surface area (Å²) in [6, 6.07) is 27.7. The molecule has 6 heteroatoms. The maximum absolute atomic E-state index is 13.9. The van der Waals surface area contributed by atoms with Crippen LogP contribution in [0.15, 0.2) is 102 Å². The normalized spacial score (nSPS) is 18.9. The van der Waals surface area contributed by atoms with E-state index in [1.807, 2.05) is 91.0 Å². The smallest absolute Gasteiger partial charge is 0.418 e. The van der Waals surface area contributed by atoms with Crippen LogP contribution in [0.4, 0.5) is 4.79 Å². The highest BCUT2D eigenvalue weighted by Crippen LogP contribution is 2.41. The van der Waals surface area contributed by atoms with Gasteiger partial charge in [-0.25, -0.2) is 14.7 Å². The van der Waals surface area contributed by atoms with E-state index in [0.29, 0.717) is 5.76 Å². The third-order valence-electron chi connectivity index (χ3n) is 5.90. The monoisotopic (exact) mass is 438 g/mol. The summed E-state index contributed by atoms with van der Waals surface area (Å²) >= 11 is 0. The van der Waals surface area contributed by atoms with E-state index in [4.69, 9.17) is 9.15 Å². The maximum atomic E-state index is 13.9. The van der Waals surface area contributed by atoms with Gasteiger partial charge in [-0.1, -0.05) is 91.0 Å². The predicted octanol–water partition coefficient (Wildman–Crippen LogP) is 5.52. The topological polar surface area (TPSA) is 72.6 Å². The first-order valence-corrected chi connectivity index (χ1v) is 10.8. The van der Waals surface area contributed by atoms with Crippen LogP contribution in [0.2, 0.25) is 0 Å². The molecule has 0 N–H and O–H groups in total. The minimum Gasteiger partial charge on any atom is -0.436 e. The summed E-state index contributed by atoms with van der Waals surface area (Å²) in [5.41, 5.74) is 0.787. The summed E-state index contributed by atoms with van der Waals surface area (Å²) in [6.07, 6.45) is 0.958. The molecule has 6 nitrogen and oxygen atoms in total. The standard InChI is InChI=1S/C27H22N2O4/c1-19(21-13-7-3-8-14-21)29-25(30)27(33-26(29)31,17-20-11-5-2-6-12-20)24-28-18-23(32-24)22-15-9-4-10-16-22/h2-16,18-19H,17H2,1H3. The fourth-order valence-electron chi connectivity index (χ4n) is 4.14. The number of ether oxygens (including phenoxy) is 1. The van der Waals surface area contributed by atoms with Crippen LogP contribution in [-0.2, 0) is 21.6 Å². The number of rotatable bonds is 6. The zero-order valence-corrected chi connectivity index (χ0v) is 18.0. The van der Waals surface area contributed by atoms with Gasteiger partial charge in [-0.2, -0.15) is 0 Å². The molecule has 1 saturated heterocycles. The van der Waals surface area contributed by atoms with Crippen LogP contribution in [0.3, 0.4) is 0 Å². The molecule has 1 aliphatic heterocycles. The molecule has 0 saturated carbocycles. The lowest BCUT2D eigenvalue weighted by Gasteiger charge is -2.24. The van der Waals surface area contributed by atoms with Gasteiger partial charge in [0.15, 0.2) is 5.76 Å². The van der Waals surface area contributed by atoms with Gasteiger partial charge < -0.3 is 9.15 Å². The van der Waals surface area contributed by atoms with E-state index in [0.717, 1.165) is 21.6 Å². The molecule has 33 heavy (non-hydrogen) atoms. The zero-order chi connectivity index (χ0) is 22.8. The van der Waals surface area contributed by atoms with Crippen LogP contribution in [0, 0.1) is 0 Å². The van der Waals surface area contributed by atoms with Crippen LogP contribution >= 0.6 is 0 Å². The fraction of sp³-hybridized carbons (Fsp3) is 0.148. The van der Waals surface area contributed by atoms with Crippen LogP contribution < -0.4 is 0 Å². The second-order valence-electron chi connectivity index (χ2n) is 8.01. The van der Waals surface area contributed by atoms with Crippen molar-refractivity contribution in [1.29, 1.82) is 0 Å². The minimum atomic E-state index is -1.69. The van der Waals surface area contributed by atoms with E-state index in [-0.39, 0.29) is 12.3 Å². The first kappa shape index (κ1) is 20.7. The summed E-state index contributed by atoms with van der Waals surface area (Å²) in [5.74, 6) is 0.0666. The highest BCUT2D eigenvalue weighted by atomic mass is 16.6. The van der Waals surface area contributed by atoms with Crippen molar-refractivity contribution in [2.45, 2.75) is 25.0 Å². The lowest BCUT2D eigenvalue weighted by molar-refractivity contribution is -0.140. The highest BCUT2D eigenvalue weighted by molar-refractivity contribution is 6.03. The van der Waals surface area contributed by atoms with Crippen molar-refractivity contribution in [2.24, 2.45) is 0 Å². The fourth-order valence-corrected chi connectivity index (χ4v) is 4.14. The Morgan fingerprint density at radius 2 is 1.48 bits per heavy atom. The quantitative estimate of drug-likeness (QED) is 0.396. The number of nitrogens with zero attached hydrogens (tertiary/aromatic N) is 2. The molecule has 0 aliphatic carbocycles. The third-order valence-corrected chi connectivity index (χ3v) is 5.90. The Morgan fingerprint density at radius 3 is 2.15 bits per heavy atom. The molecule has 4 aromatic rings. The number of carbonyl (C=O) groups is 2.